The topological polar surface area (TPSA) is 3.24 Å². The second-order valence-electron chi connectivity index (χ2n) is 13.0. The Morgan fingerprint density at radius 1 is 0.320 bits per heavy atom. The minimum atomic E-state index is 1.12. The van der Waals surface area contributed by atoms with Crippen LogP contribution in [0.15, 0.2) is 188 Å². The van der Waals surface area contributed by atoms with Gasteiger partial charge < -0.3 is 4.90 Å². The number of benzene rings is 9. The highest BCUT2D eigenvalue weighted by molar-refractivity contribution is 7.25. The van der Waals surface area contributed by atoms with Crippen molar-refractivity contribution in [3.63, 3.8) is 0 Å². The second-order valence-corrected chi connectivity index (χ2v) is 14.0. The molecule has 234 valence electrons. The van der Waals surface area contributed by atoms with Gasteiger partial charge >= 0.3 is 0 Å². The Labute approximate surface area is 294 Å². The van der Waals surface area contributed by atoms with E-state index in [1.165, 1.54) is 74.7 Å². The van der Waals surface area contributed by atoms with Gasteiger partial charge in [0, 0.05) is 37.1 Å². The van der Waals surface area contributed by atoms with Crippen LogP contribution in [0.5, 0.6) is 0 Å². The number of anilines is 3. The summed E-state index contributed by atoms with van der Waals surface area (Å²) in [6, 6.07) is 68.8. The molecule has 1 heterocycles. The number of fused-ring (bicyclic) bond motifs is 7. The molecule has 0 amide bonds. The molecule has 1 nitrogen and oxygen atoms in total. The molecule has 0 radical (unpaired) electrons. The summed E-state index contributed by atoms with van der Waals surface area (Å²) in [5, 5.41) is 10.3. The molecule has 1 aromatic heterocycles. The Hall–Kier alpha value is -6.22. The van der Waals surface area contributed by atoms with Crippen LogP contribution in [-0.2, 0) is 0 Å². The summed E-state index contributed by atoms with van der Waals surface area (Å²) in [5.74, 6) is 0. The standard InChI is InChI=1S/C48H31NS/c1-2-10-33(11-3-1)43-14-6-8-16-46(43)49(40-26-27-42-37(29-40)21-18-34-12-4-5-13-41(34)42)39-24-22-32(23-25-39)35-19-20-36-30-45-44-15-7-9-17-47(44)50-48(45)31-38(36)28-35/h1-31H. The first-order chi connectivity index (χ1) is 24.8. The molecule has 2 heteroatoms. The summed E-state index contributed by atoms with van der Waals surface area (Å²) in [7, 11) is 0. The highest BCUT2D eigenvalue weighted by Gasteiger charge is 2.18. The van der Waals surface area contributed by atoms with Gasteiger partial charge in [-0.25, -0.2) is 0 Å². The molecule has 0 unspecified atom stereocenters. The van der Waals surface area contributed by atoms with Crippen LogP contribution in [0.4, 0.5) is 17.1 Å². The third kappa shape index (κ3) is 4.84. The van der Waals surface area contributed by atoms with Crippen LogP contribution >= 0.6 is 11.3 Å². The highest BCUT2D eigenvalue weighted by Crippen LogP contribution is 2.43. The SMILES string of the molecule is c1ccc(-c2ccccc2N(c2ccc(-c3ccc4cc5c(cc4c3)sc3ccccc35)cc2)c2ccc3c(ccc4ccccc43)c2)cc1. The first-order valence-corrected chi connectivity index (χ1v) is 17.9. The van der Waals surface area contributed by atoms with Crippen molar-refractivity contribution in [2.75, 3.05) is 4.90 Å². The van der Waals surface area contributed by atoms with E-state index in [2.05, 4.69) is 193 Å². The van der Waals surface area contributed by atoms with Gasteiger partial charge in [-0.2, -0.15) is 0 Å². The van der Waals surface area contributed by atoms with Gasteiger partial charge in [-0.05, 0) is 104 Å². The van der Waals surface area contributed by atoms with E-state index in [9.17, 15) is 0 Å². The van der Waals surface area contributed by atoms with E-state index in [0.717, 1.165) is 17.1 Å². The summed E-state index contributed by atoms with van der Waals surface area (Å²) < 4.78 is 2.68. The fraction of sp³-hybridized carbons (Fsp3) is 0. The van der Waals surface area contributed by atoms with Crippen molar-refractivity contribution in [1.82, 2.24) is 0 Å². The lowest BCUT2D eigenvalue weighted by molar-refractivity contribution is 1.29. The zero-order chi connectivity index (χ0) is 33.0. The molecule has 10 rings (SSSR count). The summed E-state index contributed by atoms with van der Waals surface area (Å²) in [6.07, 6.45) is 0. The summed E-state index contributed by atoms with van der Waals surface area (Å²) >= 11 is 1.87. The van der Waals surface area contributed by atoms with Gasteiger partial charge in [-0.1, -0.05) is 133 Å². The van der Waals surface area contributed by atoms with Gasteiger partial charge in [0.15, 0.2) is 0 Å². The van der Waals surface area contributed by atoms with Gasteiger partial charge in [0.25, 0.3) is 0 Å². The van der Waals surface area contributed by atoms with Gasteiger partial charge in [0.1, 0.15) is 0 Å². The molecular weight excluding hydrogens is 623 g/mol. The predicted octanol–water partition coefficient (Wildman–Crippen LogP) is 14.3. The highest BCUT2D eigenvalue weighted by atomic mass is 32.1. The molecule has 0 aliphatic rings. The van der Waals surface area contributed by atoms with Crippen LogP contribution in [0.25, 0.3) is 74.7 Å². The largest absolute Gasteiger partial charge is 0.310 e. The zero-order valence-corrected chi connectivity index (χ0v) is 28.1. The number of nitrogens with zero attached hydrogens (tertiary/aromatic N) is 1. The third-order valence-corrected chi connectivity index (χ3v) is 11.1. The van der Waals surface area contributed by atoms with Crippen molar-refractivity contribution in [2.24, 2.45) is 0 Å². The number of hydrogen-bond acceptors (Lipinski definition) is 2. The third-order valence-electron chi connectivity index (χ3n) is 10.0. The molecule has 0 aliphatic heterocycles. The van der Waals surface area contributed by atoms with Crippen LogP contribution in [-0.4, -0.2) is 0 Å². The van der Waals surface area contributed by atoms with Crippen LogP contribution in [0.2, 0.25) is 0 Å². The number of hydrogen-bond donors (Lipinski definition) is 0. The Morgan fingerprint density at radius 3 is 1.90 bits per heavy atom. The van der Waals surface area contributed by atoms with Crippen molar-refractivity contribution in [1.29, 1.82) is 0 Å². The van der Waals surface area contributed by atoms with Gasteiger partial charge in [0.2, 0.25) is 0 Å². The lowest BCUT2D eigenvalue weighted by Gasteiger charge is -2.28. The maximum Gasteiger partial charge on any atom is 0.0540 e. The molecule has 0 fully saturated rings. The molecule has 10 aromatic rings. The second kappa shape index (κ2) is 11.7. The van der Waals surface area contributed by atoms with E-state index in [1.54, 1.807) is 0 Å². The average molecular weight is 654 g/mol. The van der Waals surface area contributed by atoms with E-state index in [-0.39, 0.29) is 0 Å². The minimum Gasteiger partial charge on any atom is -0.310 e. The predicted molar refractivity (Wildman–Crippen MR) is 217 cm³/mol. The molecular formula is C48H31NS. The molecule has 50 heavy (non-hydrogen) atoms. The first kappa shape index (κ1) is 28.8. The van der Waals surface area contributed by atoms with Crippen molar-refractivity contribution in [3.8, 4) is 22.3 Å². The van der Waals surface area contributed by atoms with E-state index < -0.39 is 0 Å². The maximum atomic E-state index is 2.40. The number of rotatable bonds is 5. The molecule has 0 N–H and O–H groups in total. The van der Waals surface area contributed by atoms with E-state index in [0.29, 0.717) is 0 Å². The molecule has 0 aliphatic carbocycles. The molecule has 0 saturated heterocycles. The lowest BCUT2D eigenvalue weighted by Crippen LogP contribution is -2.11. The monoisotopic (exact) mass is 653 g/mol. The molecule has 0 atom stereocenters. The minimum absolute atomic E-state index is 1.12. The van der Waals surface area contributed by atoms with Crippen molar-refractivity contribution >= 4 is 80.9 Å². The first-order valence-electron chi connectivity index (χ1n) is 17.1. The number of thiophene rings is 1. The van der Waals surface area contributed by atoms with E-state index in [4.69, 9.17) is 0 Å². The van der Waals surface area contributed by atoms with E-state index >= 15 is 0 Å². The summed E-state index contributed by atoms with van der Waals surface area (Å²) in [6.45, 7) is 0. The quantitative estimate of drug-likeness (QED) is 0.167. The Morgan fingerprint density at radius 2 is 1.00 bits per heavy atom. The maximum absolute atomic E-state index is 2.40. The van der Waals surface area contributed by atoms with E-state index in [1.807, 2.05) is 11.3 Å². The summed E-state index contributed by atoms with van der Waals surface area (Å²) in [5.41, 5.74) is 8.20. The Balaban J connectivity index is 1.09. The van der Waals surface area contributed by atoms with Crippen molar-refractivity contribution in [2.45, 2.75) is 0 Å². The smallest absolute Gasteiger partial charge is 0.0540 e. The van der Waals surface area contributed by atoms with Gasteiger partial charge in [-0.3, -0.25) is 0 Å². The van der Waals surface area contributed by atoms with Crippen LogP contribution in [0, 0.1) is 0 Å². The number of para-hydroxylation sites is 1. The van der Waals surface area contributed by atoms with Gasteiger partial charge in [-0.15, -0.1) is 11.3 Å². The molecule has 0 saturated carbocycles. The fourth-order valence-electron chi connectivity index (χ4n) is 7.55. The summed E-state index contributed by atoms with van der Waals surface area (Å²) in [4.78, 5) is 2.40. The molecule has 0 bridgehead atoms. The van der Waals surface area contributed by atoms with Crippen molar-refractivity contribution < 1.29 is 0 Å². The van der Waals surface area contributed by atoms with Crippen molar-refractivity contribution in [3.05, 3.63) is 188 Å². The molecule has 0 spiro atoms. The lowest BCUT2D eigenvalue weighted by atomic mass is 9.98. The molecule has 9 aromatic carbocycles. The van der Waals surface area contributed by atoms with Crippen LogP contribution in [0.3, 0.4) is 0 Å². The van der Waals surface area contributed by atoms with Crippen LogP contribution in [0.1, 0.15) is 0 Å². The normalized spacial score (nSPS) is 11.6. The van der Waals surface area contributed by atoms with Crippen LogP contribution < -0.4 is 4.90 Å². The Bertz CT molecular complexity index is 2870. The fourth-order valence-corrected chi connectivity index (χ4v) is 8.68. The zero-order valence-electron chi connectivity index (χ0n) is 27.3. The average Bonchev–Trinajstić information content (AvgIpc) is 3.55. The van der Waals surface area contributed by atoms with Gasteiger partial charge in [0.05, 0.1) is 5.69 Å². The Kier molecular flexibility index (Phi) is 6.75.